The predicted octanol–water partition coefficient (Wildman–Crippen LogP) is -6.35. The first-order valence-corrected chi connectivity index (χ1v) is 0. The summed E-state index contributed by atoms with van der Waals surface area (Å²) < 4.78 is 0. The third-order valence-corrected chi connectivity index (χ3v) is 0. The van der Waals surface area contributed by atoms with Crippen molar-refractivity contribution in [2.75, 3.05) is 0 Å². The van der Waals surface area contributed by atoms with E-state index in [1.165, 1.54) is 0 Å². The zero-order chi connectivity index (χ0) is 0. The fourth-order valence-corrected chi connectivity index (χ4v) is 0. The van der Waals surface area contributed by atoms with Gasteiger partial charge in [0.15, 0.2) is 0 Å². The molecule has 0 aliphatic heterocycles. The van der Waals surface area contributed by atoms with Crippen molar-refractivity contribution in [3.63, 3.8) is 0 Å². The Morgan fingerprint density at radius 3 is 0.571 bits per heavy atom. The van der Waals surface area contributed by atoms with Crippen LogP contribution in [0.15, 0.2) is 0 Å². The van der Waals surface area contributed by atoms with Gasteiger partial charge >= 0.3 is 71.6 Å². The molecule has 0 N–H and O–H groups in total. The summed E-state index contributed by atoms with van der Waals surface area (Å²) in [5, 5.41) is 0. The summed E-state index contributed by atoms with van der Waals surface area (Å²) in [7, 11) is 0. The molecule has 7 heteroatoms. The van der Waals surface area contributed by atoms with Gasteiger partial charge in [-0.25, -0.2) is 0 Å². The largest absolute Gasteiger partial charge is 2.00 e. The molecule has 2 radical (unpaired) electrons. The minimum absolute atomic E-state index is 0. The van der Waals surface area contributed by atoms with Gasteiger partial charge in [-0.1, -0.05) is 0 Å². The molecule has 0 amide bonds. The Morgan fingerprint density at radius 1 is 0.571 bits per heavy atom. The van der Waals surface area contributed by atoms with Gasteiger partial charge in [-0.3, -0.25) is 0 Å². The van der Waals surface area contributed by atoms with Gasteiger partial charge in [0.25, 0.3) is 0 Å². The van der Waals surface area contributed by atoms with E-state index in [1.807, 2.05) is 0 Å². The summed E-state index contributed by atoms with van der Waals surface area (Å²) in [5.74, 6) is 0. The van der Waals surface area contributed by atoms with E-state index in [0.717, 1.165) is 0 Å². The van der Waals surface area contributed by atoms with Crippen molar-refractivity contribution in [2.24, 2.45) is 0 Å². The first kappa shape index (κ1) is 135. The van der Waals surface area contributed by atoms with E-state index < -0.39 is 0 Å². The second kappa shape index (κ2) is 92.6. The second-order valence-electron chi connectivity index (χ2n) is 0. The van der Waals surface area contributed by atoms with E-state index in [0.29, 0.717) is 0 Å². The molecule has 0 saturated carbocycles. The van der Waals surface area contributed by atoms with Crippen molar-refractivity contribution in [1.29, 1.82) is 0 Å². The average molecular weight is 176 g/mol. The molecule has 0 unspecified atom stereocenters. The summed E-state index contributed by atoms with van der Waals surface area (Å²) >= 11 is 0. The smallest absolute Gasteiger partial charge is 2.00 e. The molecule has 0 spiro atoms. The van der Waals surface area contributed by atoms with E-state index in [9.17, 15) is 0 Å². The van der Waals surface area contributed by atoms with Crippen LogP contribution in [0.1, 0.15) is 0 Å². The maximum atomic E-state index is 0. The summed E-state index contributed by atoms with van der Waals surface area (Å²) in [6, 6.07) is 0. The minimum Gasteiger partial charge on any atom is -2.00 e. The van der Waals surface area contributed by atoms with Gasteiger partial charge in [-0.05, 0) is 0 Å². The van der Waals surface area contributed by atoms with Crippen molar-refractivity contribution in [2.45, 2.75) is 0 Å². The number of hydrogen-bond donors (Lipinski definition) is 0. The third-order valence-electron chi connectivity index (χ3n) is 0. The normalized spacial score (nSPS) is 0. The standard InChI is InChI=1S/Co.2Li.Mn.3O/q+2;2*+1;+2;3*-2. The van der Waals surface area contributed by atoms with Crippen LogP contribution in [0.4, 0.5) is 0 Å². The van der Waals surface area contributed by atoms with Crippen molar-refractivity contribution in [3.05, 3.63) is 0 Å². The first-order chi connectivity index (χ1) is 0. The number of hydrogen-bond acceptors (Lipinski definition) is 0. The predicted molar refractivity (Wildman–Crippen MR) is 2.06 cm³/mol. The monoisotopic (exact) mass is 176 g/mol. The fraction of sp³-hybridized carbons (Fsp3) is 0. The minimum atomic E-state index is 0. The van der Waals surface area contributed by atoms with Gasteiger partial charge in [0, 0.05) is 0 Å². The summed E-state index contributed by atoms with van der Waals surface area (Å²) in [4.78, 5) is 0. The fourth-order valence-electron chi connectivity index (χ4n) is 0. The molecular weight excluding hydrogens is 176 g/mol. The van der Waals surface area contributed by atoms with Crippen LogP contribution in [0.5, 0.6) is 0 Å². The van der Waals surface area contributed by atoms with E-state index in [1.54, 1.807) is 0 Å². The molecule has 36 valence electrons. The summed E-state index contributed by atoms with van der Waals surface area (Å²) in [5.41, 5.74) is 0. The van der Waals surface area contributed by atoms with Crippen molar-refractivity contribution < 1.29 is 88.0 Å². The van der Waals surface area contributed by atoms with Crippen LogP contribution in [0.3, 0.4) is 0 Å². The molecule has 0 aromatic rings. The molecule has 0 heterocycles. The summed E-state index contributed by atoms with van der Waals surface area (Å²) in [6.45, 7) is 0. The third kappa shape index (κ3) is 68.3. The van der Waals surface area contributed by atoms with Gasteiger partial charge in [-0.2, -0.15) is 0 Å². The van der Waals surface area contributed by atoms with Gasteiger partial charge < -0.3 is 16.4 Å². The van der Waals surface area contributed by atoms with E-state index in [2.05, 4.69) is 0 Å². The second-order valence-corrected chi connectivity index (χ2v) is 0. The topological polar surface area (TPSA) is 85.5 Å². The van der Waals surface area contributed by atoms with Crippen molar-refractivity contribution >= 4 is 0 Å². The molecule has 3 nitrogen and oxygen atoms in total. The van der Waals surface area contributed by atoms with E-state index >= 15 is 0 Å². The van der Waals surface area contributed by atoms with Gasteiger partial charge in [0.05, 0.1) is 0 Å². The van der Waals surface area contributed by atoms with Gasteiger partial charge in [0.1, 0.15) is 0 Å². The molecule has 0 aliphatic rings. The van der Waals surface area contributed by atoms with Crippen molar-refractivity contribution in [1.82, 2.24) is 0 Å². The summed E-state index contributed by atoms with van der Waals surface area (Å²) in [6.07, 6.45) is 0. The van der Waals surface area contributed by atoms with E-state index in [4.69, 9.17) is 0 Å². The molecule has 0 bridgehead atoms. The Balaban J connectivity index is 0. The van der Waals surface area contributed by atoms with Gasteiger partial charge in [0.2, 0.25) is 0 Å². The molecule has 7 heavy (non-hydrogen) atoms. The Labute approximate surface area is 87.3 Å². The molecule has 0 atom stereocenters. The molecule has 0 fully saturated rings. The van der Waals surface area contributed by atoms with Gasteiger partial charge in [-0.15, -0.1) is 0 Å². The van der Waals surface area contributed by atoms with Crippen LogP contribution in [-0.2, 0) is 50.3 Å². The zero-order valence-electron chi connectivity index (χ0n) is 3.94. The van der Waals surface area contributed by atoms with Crippen LogP contribution >= 0.6 is 0 Å². The van der Waals surface area contributed by atoms with E-state index in [-0.39, 0.29) is 88.0 Å². The molecule has 0 rings (SSSR count). The van der Waals surface area contributed by atoms with Crippen molar-refractivity contribution in [3.8, 4) is 0 Å². The van der Waals surface area contributed by atoms with Crippen LogP contribution in [0.25, 0.3) is 0 Å². The maximum absolute atomic E-state index is 0. The average Bonchev–Trinajstić information content (AvgIpc) is 0. The SMILES string of the molecule is [Co+2].[Li+].[Li+].[Mn+2].[O-2].[O-2].[O-2]. The number of rotatable bonds is 0. The molecule has 0 aromatic carbocycles. The maximum Gasteiger partial charge on any atom is 2.00 e. The Bertz CT molecular complexity index is 12.9. The quantitative estimate of drug-likeness (QED) is 0.328. The van der Waals surface area contributed by atoms with Crippen LogP contribution in [0, 0.1) is 0 Å². The Hall–Kier alpha value is 2.10. The van der Waals surface area contributed by atoms with Crippen LogP contribution in [-0.4, -0.2) is 0 Å². The Kier molecular flexibility index (Phi) is 1790. The Morgan fingerprint density at radius 2 is 0.571 bits per heavy atom. The molecular formula is CoLi2MnO3. The van der Waals surface area contributed by atoms with Crippen LogP contribution in [0.2, 0.25) is 0 Å². The van der Waals surface area contributed by atoms with Crippen LogP contribution < -0.4 is 37.7 Å². The zero-order valence-corrected chi connectivity index (χ0v) is 6.16. The molecule has 0 aliphatic carbocycles. The molecule has 0 saturated heterocycles. The molecule has 0 aromatic heterocycles. The first-order valence-electron chi connectivity index (χ1n) is 0.